The second-order valence-electron chi connectivity index (χ2n) is 6.70. The quantitative estimate of drug-likeness (QED) is 0.594. The Morgan fingerprint density at radius 1 is 1.38 bits per heavy atom. The Morgan fingerprint density at radius 2 is 2.08 bits per heavy atom. The SMILES string of the molecule is Cc1cc2nc(SCC(=O)NCCC(C)C)n(C(C)C)c(=O)c2[nH]1. The van der Waals surface area contributed by atoms with Crippen LogP contribution >= 0.6 is 11.8 Å². The number of aryl methyl sites for hydroxylation is 1. The highest BCUT2D eigenvalue weighted by molar-refractivity contribution is 7.99. The molecule has 2 heterocycles. The molecule has 2 rings (SSSR count). The van der Waals surface area contributed by atoms with Crippen molar-refractivity contribution in [3.63, 3.8) is 0 Å². The number of carbonyl (C=O) groups is 1. The first kappa shape index (κ1) is 18.6. The van der Waals surface area contributed by atoms with Crippen LogP contribution in [0.3, 0.4) is 0 Å². The number of amides is 1. The van der Waals surface area contributed by atoms with E-state index in [1.807, 2.05) is 26.8 Å². The smallest absolute Gasteiger partial charge is 0.278 e. The molecule has 24 heavy (non-hydrogen) atoms. The Balaban J connectivity index is 2.17. The van der Waals surface area contributed by atoms with Gasteiger partial charge in [0.05, 0.1) is 11.3 Å². The maximum absolute atomic E-state index is 12.7. The Hall–Kier alpha value is -1.76. The third-order valence-corrected chi connectivity index (χ3v) is 4.63. The van der Waals surface area contributed by atoms with Crippen molar-refractivity contribution in [1.82, 2.24) is 19.9 Å². The number of rotatable bonds is 7. The number of nitrogens with zero attached hydrogens (tertiary/aromatic N) is 2. The standard InChI is InChI=1S/C17H26N4O2S/c1-10(2)6-7-18-14(22)9-24-17-20-13-8-12(5)19-15(13)16(23)21(17)11(3)4/h8,10-11,19H,6-7,9H2,1-5H3,(H,18,22). The summed E-state index contributed by atoms with van der Waals surface area (Å²) >= 11 is 1.31. The average molecular weight is 350 g/mol. The highest BCUT2D eigenvalue weighted by atomic mass is 32.2. The van der Waals surface area contributed by atoms with Crippen LogP contribution in [0.5, 0.6) is 0 Å². The Morgan fingerprint density at radius 3 is 2.71 bits per heavy atom. The minimum absolute atomic E-state index is 0.0236. The van der Waals surface area contributed by atoms with Gasteiger partial charge in [0.25, 0.3) is 5.56 Å². The number of carbonyl (C=O) groups excluding carboxylic acids is 1. The van der Waals surface area contributed by atoms with E-state index in [1.54, 1.807) is 4.57 Å². The summed E-state index contributed by atoms with van der Waals surface area (Å²) in [7, 11) is 0. The van der Waals surface area contributed by atoms with Crippen molar-refractivity contribution in [3.05, 3.63) is 22.1 Å². The number of aromatic nitrogens is 3. The highest BCUT2D eigenvalue weighted by Crippen LogP contribution is 2.21. The third kappa shape index (κ3) is 4.41. The molecule has 0 aliphatic rings. The van der Waals surface area contributed by atoms with E-state index in [1.165, 1.54) is 11.8 Å². The molecule has 0 aliphatic carbocycles. The van der Waals surface area contributed by atoms with E-state index >= 15 is 0 Å². The molecule has 0 bridgehead atoms. The number of H-pyrrole nitrogens is 1. The van der Waals surface area contributed by atoms with Gasteiger partial charge in [0.15, 0.2) is 5.16 Å². The number of hydrogen-bond acceptors (Lipinski definition) is 4. The molecule has 1 amide bonds. The molecule has 2 N–H and O–H groups in total. The minimum atomic E-state index is -0.0918. The number of fused-ring (bicyclic) bond motifs is 1. The van der Waals surface area contributed by atoms with Gasteiger partial charge in [-0.1, -0.05) is 25.6 Å². The van der Waals surface area contributed by atoms with Gasteiger partial charge in [-0.15, -0.1) is 0 Å². The zero-order valence-corrected chi connectivity index (χ0v) is 15.8. The summed E-state index contributed by atoms with van der Waals surface area (Å²) in [6, 6.07) is 1.83. The molecule has 6 nitrogen and oxygen atoms in total. The summed E-state index contributed by atoms with van der Waals surface area (Å²) in [5, 5.41) is 3.49. The molecule has 0 aromatic carbocycles. The van der Waals surface area contributed by atoms with E-state index in [9.17, 15) is 9.59 Å². The Kier molecular flexibility index (Phi) is 6.10. The van der Waals surface area contributed by atoms with Gasteiger partial charge in [0, 0.05) is 18.3 Å². The van der Waals surface area contributed by atoms with E-state index in [2.05, 4.69) is 29.1 Å². The van der Waals surface area contributed by atoms with Crippen molar-refractivity contribution >= 4 is 28.7 Å². The monoisotopic (exact) mass is 350 g/mol. The molecular formula is C17H26N4O2S. The van der Waals surface area contributed by atoms with Gasteiger partial charge in [-0.25, -0.2) is 4.98 Å². The molecule has 7 heteroatoms. The summed E-state index contributed by atoms with van der Waals surface area (Å²) in [4.78, 5) is 32.3. The maximum atomic E-state index is 12.7. The predicted molar refractivity (Wildman–Crippen MR) is 98.7 cm³/mol. The average Bonchev–Trinajstić information content (AvgIpc) is 2.85. The van der Waals surface area contributed by atoms with Crippen LogP contribution in [0.2, 0.25) is 0 Å². The molecule has 0 spiro atoms. The van der Waals surface area contributed by atoms with Gasteiger partial charge < -0.3 is 10.3 Å². The van der Waals surface area contributed by atoms with Crippen molar-refractivity contribution < 1.29 is 4.79 Å². The van der Waals surface area contributed by atoms with Crippen molar-refractivity contribution in [2.45, 2.75) is 52.2 Å². The fourth-order valence-electron chi connectivity index (χ4n) is 2.43. The minimum Gasteiger partial charge on any atom is -0.355 e. The lowest BCUT2D eigenvalue weighted by Gasteiger charge is -2.15. The van der Waals surface area contributed by atoms with Crippen LogP contribution in [0, 0.1) is 12.8 Å². The van der Waals surface area contributed by atoms with Gasteiger partial charge in [0.2, 0.25) is 5.91 Å². The zero-order valence-electron chi connectivity index (χ0n) is 15.0. The largest absolute Gasteiger partial charge is 0.355 e. The summed E-state index contributed by atoms with van der Waals surface area (Å²) in [6.07, 6.45) is 0.958. The fraction of sp³-hybridized carbons (Fsp3) is 0.588. The van der Waals surface area contributed by atoms with Gasteiger partial charge in [-0.05, 0) is 39.2 Å². The second kappa shape index (κ2) is 7.88. The molecule has 0 saturated carbocycles. The molecule has 2 aromatic rings. The first-order valence-electron chi connectivity index (χ1n) is 8.31. The van der Waals surface area contributed by atoms with Crippen LogP contribution in [0.4, 0.5) is 0 Å². The van der Waals surface area contributed by atoms with Crippen LogP contribution in [0.1, 0.15) is 45.9 Å². The topological polar surface area (TPSA) is 79.8 Å². The molecule has 132 valence electrons. The van der Waals surface area contributed by atoms with Crippen LogP contribution in [0.15, 0.2) is 16.0 Å². The summed E-state index contributed by atoms with van der Waals surface area (Å²) in [6.45, 7) is 10.7. The first-order chi connectivity index (χ1) is 11.3. The van der Waals surface area contributed by atoms with Crippen molar-refractivity contribution in [2.75, 3.05) is 12.3 Å². The van der Waals surface area contributed by atoms with E-state index in [-0.39, 0.29) is 23.3 Å². The normalized spacial score (nSPS) is 11.6. The molecule has 0 unspecified atom stereocenters. The van der Waals surface area contributed by atoms with Crippen LogP contribution in [-0.4, -0.2) is 32.7 Å². The van der Waals surface area contributed by atoms with Gasteiger partial charge in [0.1, 0.15) is 5.52 Å². The van der Waals surface area contributed by atoms with Gasteiger partial charge in [-0.3, -0.25) is 14.2 Å². The Bertz CT molecular complexity index is 777. The van der Waals surface area contributed by atoms with E-state index in [4.69, 9.17) is 0 Å². The molecule has 0 atom stereocenters. The first-order valence-corrected chi connectivity index (χ1v) is 9.29. The van der Waals surface area contributed by atoms with E-state index in [0.29, 0.717) is 28.7 Å². The maximum Gasteiger partial charge on any atom is 0.278 e. The zero-order chi connectivity index (χ0) is 17.9. The highest BCUT2D eigenvalue weighted by Gasteiger charge is 2.16. The molecule has 0 saturated heterocycles. The van der Waals surface area contributed by atoms with E-state index in [0.717, 1.165) is 12.1 Å². The fourth-order valence-corrected chi connectivity index (χ4v) is 3.39. The summed E-state index contributed by atoms with van der Waals surface area (Å²) in [5.41, 5.74) is 1.98. The molecule has 0 aliphatic heterocycles. The van der Waals surface area contributed by atoms with Crippen LogP contribution < -0.4 is 10.9 Å². The lowest BCUT2D eigenvalue weighted by Crippen LogP contribution is -2.28. The number of aromatic amines is 1. The molecule has 2 aromatic heterocycles. The lowest BCUT2D eigenvalue weighted by molar-refractivity contribution is -0.118. The molecule has 0 radical (unpaired) electrons. The van der Waals surface area contributed by atoms with Crippen LogP contribution in [0.25, 0.3) is 11.0 Å². The number of hydrogen-bond donors (Lipinski definition) is 2. The summed E-state index contributed by atoms with van der Waals surface area (Å²) in [5.74, 6) is 0.784. The van der Waals surface area contributed by atoms with Gasteiger partial charge in [-0.2, -0.15) is 0 Å². The molecular weight excluding hydrogens is 324 g/mol. The number of nitrogens with one attached hydrogen (secondary N) is 2. The van der Waals surface area contributed by atoms with Crippen molar-refractivity contribution in [2.24, 2.45) is 5.92 Å². The van der Waals surface area contributed by atoms with Crippen LogP contribution in [-0.2, 0) is 4.79 Å². The Labute approximate surface area is 146 Å². The van der Waals surface area contributed by atoms with Crippen molar-refractivity contribution in [3.8, 4) is 0 Å². The summed E-state index contributed by atoms with van der Waals surface area (Å²) < 4.78 is 1.64. The number of thioether (sulfide) groups is 1. The third-order valence-electron chi connectivity index (χ3n) is 3.68. The van der Waals surface area contributed by atoms with Gasteiger partial charge >= 0.3 is 0 Å². The second-order valence-corrected chi connectivity index (χ2v) is 7.64. The predicted octanol–water partition coefficient (Wildman–Crippen LogP) is 2.87. The van der Waals surface area contributed by atoms with E-state index < -0.39 is 0 Å². The molecule has 0 fully saturated rings. The van der Waals surface area contributed by atoms with Crippen molar-refractivity contribution in [1.29, 1.82) is 0 Å². The lowest BCUT2D eigenvalue weighted by atomic mass is 10.1.